The minimum Gasteiger partial charge on any atom is -0.480 e. The van der Waals surface area contributed by atoms with Gasteiger partial charge in [0.25, 0.3) is 0 Å². The Balaban J connectivity index is 0.000000506. The summed E-state index contributed by atoms with van der Waals surface area (Å²) in [5, 5.41) is 17.3. The quantitative estimate of drug-likeness (QED) is 0.251. The number of rotatable bonds is 8. The molecule has 0 amide bonds. The molecular formula is C14H25N4O5S+. The Morgan fingerprint density at radius 2 is 1.92 bits per heavy atom. The molecule has 2 atom stereocenters. The second kappa shape index (κ2) is 9.96. The summed E-state index contributed by atoms with van der Waals surface area (Å²) in [6, 6.07) is -1.37. The number of carbonyl (C=O) groups is 3. The highest BCUT2D eigenvalue weighted by Crippen LogP contribution is 2.09. The Morgan fingerprint density at radius 3 is 2.25 bits per heavy atom. The van der Waals surface area contributed by atoms with Crippen molar-refractivity contribution in [2.45, 2.75) is 31.3 Å². The maximum atomic E-state index is 11.1. The fraction of sp³-hybridized carbons (Fsp3) is 0.571. The molecule has 1 aromatic heterocycles. The van der Waals surface area contributed by atoms with Gasteiger partial charge in [-0.2, -0.15) is 0 Å². The zero-order valence-corrected chi connectivity index (χ0v) is 14.8. The van der Waals surface area contributed by atoms with E-state index in [0.717, 1.165) is 5.69 Å². The molecule has 10 heteroatoms. The van der Waals surface area contributed by atoms with Gasteiger partial charge in [0.1, 0.15) is 12.3 Å². The third-order valence-electron chi connectivity index (χ3n) is 3.20. The summed E-state index contributed by atoms with van der Waals surface area (Å²) in [5.41, 5.74) is 5.86. The van der Waals surface area contributed by atoms with Crippen LogP contribution in [0.25, 0.3) is 0 Å². The molecule has 136 valence electrons. The highest BCUT2D eigenvalue weighted by atomic mass is 32.1. The van der Waals surface area contributed by atoms with Crippen molar-refractivity contribution in [1.82, 2.24) is 9.97 Å². The molecule has 0 aliphatic heterocycles. The van der Waals surface area contributed by atoms with Crippen LogP contribution in [-0.4, -0.2) is 76.1 Å². The minimum absolute atomic E-state index is 0.216. The summed E-state index contributed by atoms with van der Waals surface area (Å²) < 4.78 is 0.900. The number of aromatic nitrogens is 2. The normalized spacial score (nSPS) is 13.3. The van der Waals surface area contributed by atoms with Gasteiger partial charge in [-0.25, -0.2) is 4.79 Å². The zero-order chi connectivity index (χ0) is 18.9. The van der Waals surface area contributed by atoms with Crippen molar-refractivity contribution in [3.63, 3.8) is 0 Å². The van der Waals surface area contributed by atoms with Crippen LogP contribution >= 0.6 is 12.2 Å². The monoisotopic (exact) mass is 361 g/mol. The van der Waals surface area contributed by atoms with Crippen LogP contribution < -0.4 is 5.73 Å². The molecule has 0 unspecified atom stereocenters. The molecule has 1 aromatic rings. The number of carbonyl (C=O) groups excluding carboxylic acids is 1. The van der Waals surface area contributed by atoms with Crippen molar-refractivity contribution in [2.24, 2.45) is 5.73 Å². The first-order valence-corrected chi connectivity index (χ1v) is 7.62. The van der Waals surface area contributed by atoms with Crippen molar-refractivity contribution >= 4 is 30.4 Å². The predicted molar refractivity (Wildman–Crippen MR) is 90.0 cm³/mol. The number of aromatic amines is 2. The number of carboxylic acids is 2. The van der Waals surface area contributed by atoms with Gasteiger partial charge in [0.2, 0.25) is 0 Å². The summed E-state index contributed by atoms with van der Waals surface area (Å²) in [5.74, 6) is -1.86. The molecule has 0 saturated heterocycles. The van der Waals surface area contributed by atoms with E-state index in [2.05, 4.69) is 9.97 Å². The largest absolute Gasteiger partial charge is 0.480 e. The Hall–Kier alpha value is -2.04. The lowest BCUT2D eigenvalue weighted by Crippen LogP contribution is -2.51. The van der Waals surface area contributed by atoms with Crippen molar-refractivity contribution < 1.29 is 29.1 Å². The number of likely N-dealkylation sites (N-methyl/N-ethyl adjacent to an activating group) is 1. The molecule has 0 radical (unpaired) electrons. The van der Waals surface area contributed by atoms with Crippen LogP contribution in [0, 0.1) is 4.77 Å². The number of nitrogens with two attached hydrogens (primary N) is 1. The molecule has 1 rings (SSSR count). The van der Waals surface area contributed by atoms with E-state index in [9.17, 15) is 14.4 Å². The summed E-state index contributed by atoms with van der Waals surface area (Å²) >= 11 is 4.88. The lowest BCUT2D eigenvalue weighted by atomic mass is 10.1. The predicted octanol–water partition coefficient (Wildman–Crippen LogP) is 0.152. The molecule has 6 N–H and O–H groups in total. The summed E-state index contributed by atoms with van der Waals surface area (Å²) in [7, 11) is 5.58. The summed E-state index contributed by atoms with van der Waals surface area (Å²) in [6.07, 6.45) is 3.25. The number of H-pyrrole nitrogens is 2. The van der Waals surface area contributed by atoms with E-state index in [0.29, 0.717) is 22.0 Å². The summed E-state index contributed by atoms with van der Waals surface area (Å²) in [6.45, 7) is 0. The van der Waals surface area contributed by atoms with Gasteiger partial charge in [0, 0.05) is 18.3 Å². The number of aldehydes is 1. The topological polar surface area (TPSA) is 149 Å². The first-order chi connectivity index (χ1) is 11.0. The van der Waals surface area contributed by atoms with Gasteiger partial charge in [0.05, 0.1) is 27.6 Å². The van der Waals surface area contributed by atoms with Crippen LogP contribution in [0.2, 0.25) is 0 Å². The van der Waals surface area contributed by atoms with Crippen LogP contribution in [0.1, 0.15) is 18.5 Å². The molecule has 0 saturated carbocycles. The highest BCUT2D eigenvalue weighted by Gasteiger charge is 2.31. The third kappa shape index (κ3) is 8.56. The second-order valence-corrected chi connectivity index (χ2v) is 6.54. The number of quaternary nitrogens is 1. The summed E-state index contributed by atoms with van der Waals surface area (Å²) in [4.78, 5) is 36.5. The molecule has 9 nitrogen and oxygen atoms in total. The molecule has 1 heterocycles. The Kier molecular flexibility index (Phi) is 9.11. The van der Waals surface area contributed by atoms with Crippen molar-refractivity contribution in [3.8, 4) is 0 Å². The van der Waals surface area contributed by atoms with Gasteiger partial charge >= 0.3 is 11.9 Å². The second-order valence-electron chi connectivity index (χ2n) is 6.13. The Morgan fingerprint density at radius 1 is 1.33 bits per heavy atom. The maximum Gasteiger partial charge on any atom is 0.362 e. The molecule has 0 aliphatic rings. The number of imidazole rings is 1. The van der Waals surface area contributed by atoms with E-state index in [-0.39, 0.29) is 12.8 Å². The van der Waals surface area contributed by atoms with Gasteiger partial charge < -0.3 is 35.2 Å². The van der Waals surface area contributed by atoms with E-state index in [1.165, 1.54) is 0 Å². The fourth-order valence-corrected chi connectivity index (χ4v) is 1.94. The van der Waals surface area contributed by atoms with Crippen molar-refractivity contribution in [3.05, 3.63) is 16.7 Å². The first-order valence-electron chi connectivity index (χ1n) is 7.21. The fourth-order valence-electron chi connectivity index (χ4n) is 1.75. The Bertz CT molecular complexity index is 605. The van der Waals surface area contributed by atoms with Crippen LogP contribution in [0.3, 0.4) is 0 Å². The van der Waals surface area contributed by atoms with E-state index in [1.807, 2.05) is 21.1 Å². The third-order valence-corrected chi connectivity index (χ3v) is 3.42. The van der Waals surface area contributed by atoms with E-state index >= 15 is 0 Å². The number of carboxylic acid groups (broad SMARTS) is 2. The van der Waals surface area contributed by atoms with Gasteiger partial charge in [-0.3, -0.25) is 4.79 Å². The average molecular weight is 361 g/mol. The van der Waals surface area contributed by atoms with Crippen molar-refractivity contribution in [2.75, 3.05) is 21.1 Å². The first kappa shape index (κ1) is 22.0. The van der Waals surface area contributed by atoms with Crippen LogP contribution in [0.5, 0.6) is 0 Å². The van der Waals surface area contributed by atoms with Crippen LogP contribution in [0.15, 0.2) is 6.20 Å². The van der Waals surface area contributed by atoms with E-state index in [1.54, 1.807) is 6.20 Å². The van der Waals surface area contributed by atoms with Gasteiger partial charge in [-0.1, -0.05) is 0 Å². The highest BCUT2D eigenvalue weighted by molar-refractivity contribution is 7.71. The zero-order valence-electron chi connectivity index (χ0n) is 14.0. The standard InChI is InChI=1S/C9H15N3O2S.C5H9NO3/c1-12(2,3)7(8(13)14)4-6-5-10-9(15)11-6;6-4(5(8)9)2-1-3-7/h5,7H,4H2,1-3H3,(H2-,10,11,13,14,15);3-4H,1-2,6H2,(H,8,9)/p+1/t7-;4-/m00/s1. The van der Waals surface area contributed by atoms with E-state index < -0.39 is 24.0 Å². The van der Waals surface area contributed by atoms with Crippen LogP contribution in [-0.2, 0) is 20.8 Å². The molecule has 0 aliphatic carbocycles. The molecular weight excluding hydrogens is 336 g/mol. The number of hydrogen-bond acceptors (Lipinski definition) is 5. The van der Waals surface area contributed by atoms with Gasteiger partial charge in [-0.05, 0) is 18.6 Å². The van der Waals surface area contributed by atoms with Crippen molar-refractivity contribution in [1.29, 1.82) is 0 Å². The number of nitrogens with one attached hydrogen (secondary N) is 2. The molecule has 24 heavy (non-hydrogen) atoms. The van der Waals surface area contributed by atoms with E-state index in [4.69, 9.17) is 28.2 Å². The van der Waals surface area contributed by atoms with Crippen LogP contribution in [0.4, 0.5) is 0 Å². The average Bonchev–Trinajstić information content (AvgIpc) is 2.86. The number of nitrogens with zero attached hydrogens (tertiary/aromatic N) is 1. The molecule has 0 bridgehead atoms. The lowest BCUT2D eigenvalue weighted by molar-refractivity contribution is -0.887. The SMILES string of the molecule is C[N+](C)(C)[C@@H](Cc1c[nH]c(=S)[nH]1)C(=O)O.N[C@@H](CCC=O)C(=O)O. The minimum atomic E-state index is -1.06. The number of aliphatic carboxylic acids is 2. The Labute approximate surface area is 145 Å². The maximum absolute atomic E-state index is 11.1. The molecule has 0 fully saturated rings. The van der Waals surface area contributed by atoms with Gasteiger partial charge in [0.15, 0.2) is 10.8 Å². The molecule has 0 spiro atoms. The van der Waals surface area contributed by atoms with Gasteiger partial charge in [-0.15, -0.1) is 0 Å². The number of hydrogen-bond donors (Lipinski definition) is 5. The lowest BCUT2D eigenvalue weighted by Gasteiger charge is -2.30. The smallest absolute Gasteiger partial charge is 0.362 e. The molecule has 0 aromatic carbocycles.